The molecule has 1 aliphatic rings. The van der Waals surface area contributed by atoms with Crippen LogP contribution in [0.4, 0.5) is 4.79 Å². The Morgan fingerprint density at radius 2 is 1.82 bits per heavy atom. The van der Waals surface area contributed by atoms with Crippen molar-refractivity contribution in [1.29, 1.82) is 0 Å². The third kappa shape index (κ3) is 3.08. The summed E-state index contributed by atoms with van der Waals surface area (Å²) in [6.45, 7) is 2.02. The average Bonchev–Trinajstić information content (AvgIpc) is 3.28. The summed E-state index contributed by atoms with van der Waals surface area (Å²) >= 11 is 7.69. The molecule has 0 aliphatic carbocycles. The van der Waals surface area contributed by atoms with Crippen LogP contribution in [0.1, 0.15) is 24.6 Å². The fourth-order valence-electron chi connectivity index (χ4n) is 3.43. The zero-order chi connectivity index (χ0) is 19.7. The highest BCUT2D eigenvalue weighted by molar-refractivity contribution is 7.13. The van der Waals surface area contributed by atoms with Crippen LogP contribution in [0.5, 0.6) is 0 Å². The van der Waals surface area contributed by atoms with Crippen LogP contribution in [-0.2, 0) is 16.9 Å². The molecular formula is C21H18ClN3O2S. The van der Waals surface area contributed by atoms with E-state index in [-0.39, 0.29) is 12.5 Å². The lowest BCUT2D eigenvalue weighted by Gasteiger charge is -2.25. The summed E-state index contributed by atoms with van der Waals surface area (Å²) in [7, 11) is 0. The third-order valence-corrected chi connectivity index (χ3v) is 6.20. The van der Waals surface area contributed by atoms with E-state index in [4.69, 9.17) is 11.6 Å². The van der Waals surface area contributed by atoms with E-state index >= 15 is 0 Å². The van der Waals surface area contributed by atoms with E-state index in [1.165, 1.54) is 16.2 Å². The Morgan fingerprint density at radius 3 is 2.54 bits per heavy atom. The van der Waals surface area contributed by atoms with E-state index in [1.54, 1.807) is 0 Å². The van der Waals surface area contributed by atoms with Crippen LogP contribution in [0.3, 0.4) is 0 Å². The fourth-order valence-corrected chi connectivity index (χ4v) is 4.56. The minimum Gasteiger partial charge on any atom is -0.319 e. The fraction of sp³-hybridized carbons (Fsp3) is 0.190. The van der Waals surface area contributed by atoms with E-state index < -0.39 is 11.6 Å². The number of hydrogen-bond acceptors (Lipinski definition) is 4. The summed E-state index contributed by atoms with van der Waals surface area (Å²) in [5, 5.41) is 6.13. The largest absolute Gasteiger partial charge is 0.325 e. The summed E-state index contributed by atoms with van der Waals surface area (Å²) in [6, 6.07) is 16.4. The average molecular weight is 412 g/mol. The molecule has 0 saturated carbocycles. The van der Waals surface area contributed by atoms with Crippen LogP contribution in [0.15, 0.2) is 60.0 Å². The first-order chi connectivity index (χ1) is 13.5. The van der Waals surface area contributed by atoms with Crippen LogP contribution in [0.25, 0.3) is 10.6 Å². The molecule has 5 nitrogen and oxygen atoms in total. The summed E-state index contributed by atoms with van der Waals surface area (Å²) in [6.07, 6.45) is 0.472. The second-order valence-electron chi connectivity index (χ2n) is 6.57. The zero-order valence-corrected chi connectivity index (χ0v) is 16.8. The van der Waals surface area contributed by atoms with Gasteiger partial charge in [0.2, 0.25) is 0 Å². The molecule has 0 bridgehead atoms. The van der Waals surface area contributed by atoms with Gasteiger partial charge in [-0.05, 0) is 18.1 Å². The Kier molecular flexibility index (Phi) is 4.91. The van der Waals surface area contributed by atoms with Crippen molar-refractivity contribution in [3.8, 4) is 10.6 Å². The van der Waals surface area contributed by atoms with Gasteiger partial charge in [-0.3, -0.25) is 9.69 Å². The van der Waals surface area contributed by atoms with Gasteiger partial charge in [-0.1, -0.05) is 67.1 Å². The standard InChI is InChI=1S/C21H18ClN3O2S/c1-2-21(14-8-4-3-5-9-14)19(26)25(20(27)24-21)12-15-13-28-18(23-15)16-10-6-7-11-17(16)22/h3-11,13H,2,12H2,1H3,(H,24,27). The number of thiazole rings is 1. The SMILES string of the molecule is CCC1(c2ccccc2)NC(=O)N(Cc2csc(-c3ccccc3Cl)n2)C1=O. The first-order valence-corrected chi connectivity index (χ1v) is 10.2. The van der Waals surface area contributed by atoms with Gasteiger partial charge in [-0.15, -0.1) is 11.3 Å². The maximum absolute atomic E-state index is 13.2. The van der Waals surface area contributed by atoms with E-state index in [0.29, 0.717) is 17.1 Å². The number of hydrogen-bond donors (Lipinski definition) is 1. The number of carbonyl (C=O) groups excluding carboxylic acids is 2. The Labute approximate surface area is 172 Å². The number of halogens is 1. The second kappa shape index (κ2) is 7.37. The lowest BCUT2D eigenvalue weighted by molar-refractivity contribution is -0.132. The van der Waals surface area contributed by atoms with Crippen LogP contribution < -0.4 is 5.32 Å². The Hall–Kier alpha value is -2.70. The molecule has 1 unspecified atom stereocenters. The van der Waals surface area contributed by atoms with Gasteiger partial charge in [0.25, 0.3) is 5.91 Å². The van der Waals surface area contributed by atoms with E-state index in [9.17, 15) is 9.59 Å². The normalized spacial score (nSPS) is 19.1. The molecule has 3 aromatic rings. The van der Waals surface area contributed by atoms with Crippen molar-refractivity contribution in [1.82, 2.24) is 15.2 Å². The molecule has 2 aromatic carbocycles. The minimum atomic E-state index is -1.03. The number of nitrogens with one attached hydrogen (secondary N) is 1. The van der Waals surface area contributed by atoms with E-state index in [2.05, 4.69) is 10.3 Å². The molecule has 3 amide bonds. The van der Waals surface area contributed by atoms with Gasteiger partial charge in [0.15, 0.2) is 0 Å². The predicted octanol–water partition coefficient (Wildman–Crippen LogP) is 4.82. The monoisotopic (exact) mass is 411 g/mol. The zero-order valence-electron chi connectivity index (χ0n) is 15.2. The molecule has 2 heterocycles. The smallest absolute Gasteiger partial charge is 0.319 e. The number of carbonyl (C=O) groups is 2. The number of benzene rings is 2. The number of rotatable bonds is 5. The highest BCUT2D eigenvalue weighted by atomic mass is 35.5. The molecule has 0 spiro atoms. The molecule has 28 heavy (non-hydrogen) atoms. The molecule has 1 saturated heterocycles. The number of urea groups is 1. The Balaban J connectivity index is 1.60. The van der Waals surface area contributed by atoms with Gasteiger partial charge in [0.05, 0.1) is 17.3 Å². The van der Waals surface area contributed by atoms with Gasteiger partial charge in [-0.25, -0.2) is 9.78 Å². The van der Waals surface area contributed by atoms with Crippen LogP contribution in [0, 0.1) is 0 Å². The summed E-state index contributed by atoms with van der Waals surface area (Å²) < 4.78 is 0. The maximum atomic E-state index is 13.2. The summed E-state index contributed by atoms with van der Waals surface area (Å²) in [5.41, 5.74) is 1.25. The Bertz CT molecular complexity index is 1040. The molecule has 1 atom stereocenters. The quantitative estimate of drug-likeness (QED) is 0.612. The van der Waals surface area contributed by atoms with E-state index in [0.717, 1.165) is 16.1 Å². The topological polar surface area (TPSA) is 62.3 Å². The molecule has 7 heteroatoms. The predicted molar refractivity (Wildman–Crippen MR) is 110 cm³/mol. The van der Waals surface area contributed by atoms with E-state index in [1.807, 2.05) is 66.9 Å². The number of imide groups is 1. The van der Waals surface area contributed by atoms with Gasteiger partial charge in [0.1, 0.15) is 10.5 Å². The van der Waals surface area contributed by atoms with Crippen molar-refractivity contribution >= 4 is 34.9 Å². The summed E-state index contributed by atoms with van der Waals surface area (Å²) in [4.78, 5) is 31.6. The van der Waals surface area contributed by atoms with Crippen LogP contribution >= 0.6 is 22.9 Å². The highest BCUT2D eigenvalue weighted by Crippen LogP contribution is 2.34. The lowest BCUT2D eigenvalue weighted by atomic mass is 9.87. The lowest BCUT2D eigenvalue weighted by Crippen LogP contribution is -2.43. The first kappa shape index (κ1) is 18.7. The molecule has 1 aliphatic heterocycles. The van der Waals surface area contributed by atoms with Gasteiger partial charge in [-0.2, -0.15) is 0 Å². The van der Waals surface area contributed by atoms with Crippen LogP contribution in [-0.4, -0.2) is 21.8 Å². The van der Waals surface area contributed by atoms with Gasteiger partial charge in [0, 0.05) is 10.9 Å². The number of nitrogens with zero attached hydrogens (tertiary/aromatic N) is 2. The number of amides is 3. The van der Waals surface area contributed by atoms with Crippen LogP contribution in [0.2, 0.25) is 5.02 Å². The highest BCUT2D eigenvalue weighted by Gasteiger charge is 2.51. The van der Waals surface area contributed by atoms with Gasteiger partial charge >= 0.3 is 6.03 Å². The van der Waals surface area contributed by atoms with Crippen molar-refractivity contribution in [3.05, 3.63) is 76.3 Å². The van der Waals surface area contributed by atoms with Crippen molar-refractivity contribution in [2.24, 2.45) is 0 Å². The van der Waals surface area contributed by atoms with Crippen molar-refractivity contribution in [2.75, 3.05) is 0 Å². The maximum Gasteiger partial charge on any atom is 0.325 e. The van der Waals surface area contributed by atoms with Crippen molar-refractivity contribution < 1.29 is 9.59 Å². The molecule has 4 rings (SSSR count). The second-order valence-corrected chi connectivity index (χ2v) is 7.84. The molecule has 1 aromatic heterocycles. The first-order valence-electron chi connectivity index (χ1n) is 8.94. The minimum absolute atomic E-state index is 0.125. The van der Waals surface area contributed by atoms with Crippen molar-refractivity contribution in [3.63, 3.8) is 0 Å². The third-order valence-electron chi connectivity index (χ3n) is 4.95. The number of aromatic nitrogens is 1. The van der Waals surface area contributed by atoms with Crippen molar-refractivity contribution in [2.45, 2.75) is 25.4 Å². The molecule has 1 fully saturated rings. The molecule has 0 radical (unpaired) electrons. The Morgan fingerprint density at radius 1 is 1.11 bits per heavy atom. The summed E-state index contributed by atoms with van der Waals surface area (Å²) in [5.74, 6) is -0.251. The molecular weight excluding hydrogens is 394 g/mol. The molecule has 142 valence electrons. The molecule has 1 N–H and O–H groups in total. The van der Waals surface area contributed by atoms with Gasteiger partial charge < -0.3 is 5.32 Å².